The molecule has 3 aromatic rings. The maximum Gasteiger partial charge on any atom is 0.356 e. The van der Waals surface area contributed by atoms with Gasteiger partial charge in [-0.15, -0.1) is 0 Å². The Bertz CT molecular complexity index is 1260. The zero-order valence-electron chi connectivity index (χ0n) is 18.1. The van der Waals surface area contributed by atoms with Crippen molar-refractivity contribution >= 4 is 28.5 Å². The van der Waals surface area contributed by atoms with Crippen LogP contribution in [0.1, 0.15) is 35.4 Å². The largest absolute Gasteiger partial charge is 0.464 e. The van der Waals surface area contributed by atoms with Crippen LogP contribution in [-0.2, 0) is 16.1 Å². The summed E-state index contributed by atoms with van der Waals surface area (Å²) in [5.74, 6) is -0.148. The number of likely N-dealkylation sites (tertiary alicyclic amines) is 1. The van der Waals surface area contributed by atoms with Gasteiger partial charge in [0, 0.05) is 48.2 Å². The number of carbonyl (C=O) groups excluding carboxylic acids is 2. The Labute approximate surface area is 185 Å². The van der Waals surface area contributed by atoms with Gasteiger partial charge in [0.25, 0.3) is 5.56 Å². The third-order valence-electron chi connectivity index (χ3n) is 6.78. The SMILES string of the molecule is COC(=O)c1[nH]c2ccccc2c1NC(=O)[C@H](C)N1C[C@H]2C[C@@H](C1)c1cccc(=O)n1C2. The number of benzene rings is 1. The van der Waals surface area contributed by atoms with Crippen LogP contribution in [0.4, 0.5) is 5.69 Å². The number of rotatable bonds is 4. The summed E-state index contributed by atoms with van der Waals surface area (Å²) in [6.07, 6.45) is 1.03. The molecule has 8 nitrogen and oxygen atoms in total. The highest BCUT2D eigenvalue weighted by atomic mass is 16.5. The summed E-state index contributed by atoms with van der Waals surface area (Å²) in [6, 6.07) is 12.5. The van der Waals surface area contributed by atoms with Gasteiger partial charge in [-0.1, -0.05) is 24.3 Å². The normalized spacial score (nSPS) is 21.1. The number of anilines is 1. The second-order valence-corrected chi connectivity index (χ2v) is 8.73. The fourth-order valence-corrected chi connectivity index (χ4v) is 5.17. The molecule has 1 amide bonds. The average molecular weight is 434 g/mol. The summed E-state index contributed by atoms with van der Waals surface area (Å²) < 4.78 is 6.78. The Morgan fingerprint density at radius 2 is 1.94 bits per heavy atom. The zero-order chi connectivity index (χ0) is 22.4. The first-order valence-corrected chi connectivity index (χ1v) is 10.9. The molecule has 2 bridgehead atoms. The zero-order valence-corrected chi connectivity index (χ0v) is 18.1. The number of para-hydroxylation sites is 1. The first kappa shape index (κ1) is 20.5. The van der Waals surface area contributed by atoms with Crippen LogP contribution in [0.5, 0.6) is 0 Å². The van der Waals surface area contributed by atoms with Gasteiger partial charge in [0.2, 0.25) is 5.91 Å². The number of hydrogen-bond donors (Lipinski definition) is 2. The van der Waals surface area contributed by atoms with Crippen LogP contribution in [0.15, 0.2) is 47.3 Å². The molecule has 3 atom stereocenters. The molecule has 5 rings (SSSR count). The smallest absolute Gasteiger partial charge is 0.356 e. The van der Waals surface area contributed by atoms with E-state index < -0.39 is 5.97 Å². The van der Waals surface area contributed by atoms with Crippen LogP contribution < -0.4 is 10.9 Å². The fourth-order valence-electron chi connectivity index (χ4n) is 5.17. The van der Waals surface area contributed by atoms with Gasteiger partial charge in [-0.2, -0.15) is 0 Å². The van der Waals surface area contributed by atoms with Crippen molar-refractivity contribution in [3.63, 3.8) is 0 Å². The second-order valence-electron chi connectivity index (χ2n) is 8.73. The number of fused-ring (bicyclic) bond motifs is 5. The van der Waals surface area contributed by atoms with Gasteiger partial charge in [0.1, 0.15) is 5.69 Å². The number of H-pyrrole nitrogens is 1. The number of nitrogens with one attached hydrogen (secondary N) is 2. The number of aromatic amines is 1. The molecule has 0 radical (unpaired) electrons. The Hall–Kier alpha value is -3.39. The molecule has 1 saturated heterocycles. The number of hydrogen-bond acceptors (Lipinski definition) is 5. The van der Waals surface area contributed by atoms with E-state index in [2.05, 4.69) is 15.2 Å². The average Bonchev–Trinajstić information content (AvgIpc) is 3.17. The number of nitrogens with zero attached hydrogens (tertiary/aromatic N) is 2. The highest BCUT2D eigenvalue weighted by Gasteiger charge is 2.37. The number of carbonyl (C=O) groups is 2. The summed E-state index contributed by atoms with van der Waals surface area (Å²) in [4.78, 5) is 43.0. The topological polar surface area (TPSA) is 96.4 Å². The predicted octanol–water partition coefficient (Wildman–Crippen LogP) is 2.56. The molecule has 166 valence electrons. The van der Waals surface area contributed by atoms with Crippen LogP contribution in [-0.4, -0.2) is 52.6 Å². The van der Waals surface area contributed by atoms with Crippen molar-refractivity contribution in [2.24, 2.45) is 5.92 Å². The lowest BCUT2D eigenvalue weighted by Crippen LogP contribution is -2.52. The third-order valence-corrected chi connectivity index (χ3v) is 6.78. The minimum absolute atomic E-state index is 0.0473. The van der Waals surface area contributed by atoms with Gasteiger partial charge < -0.3 is 19.6 Å². The lowest BCUT2D eigenvalue weighted by atomic mass is 9.82. The monoisotopic (exact) mass is 434 g/mol. The van der Waals surface area contributed by atoms with E-state index >= 15 is 0 Å². The summed E-state index contributed by atoms with van der Waals surface area (Å²) in [5.41, 5.74) is 2.53. The van der Waals surface area contributed by atoms with Gasteiger partial charge in [-0.25, -0.2) is 4.79 Å². The number of ether oxygens (including phenoxy) is 1. The molecule has 2 aliphatic rings. The van der Waals surface area contributed by atoms with Crippen LogP contribution in [0.25, 0.3) is 10.9 Å². The van der Waals surface area contributed by atoms with Crippen molar-refractivity contribution in [2.75, 3.05) is 25.5 Å². The summed E-state index contributed by atoms with van der Waals surface area (Å²) in [5, 5.41) is 3.73. The number of pyridine rings is 1. The van der Waals surface area contributed by atoms with Gasteiger partial charge in [0.15, 0.2) is 0 Å². The van der Waals surface area contributed by atoms with Crippen molar-refractivity contribution in [1.82, 2.24) is 14.5 Å². The fraction of sp³-hybridized carbons (Fsp3) is 0.375. The summed E-state index contributed by atoms with van der Waals surface area (Å²) in [6.45, 7) is 4.04. The minimum Gasteiger partial charge on any atom is -0.464 e. The first-order chi connectivity index (χ1) is 15.5. The molecule has 4 heterocycles. The molecule has 0 spiro atoms. The standard InChI is InChI=1S/C24H26N4O4/c1-14(27-11-15-10-16(13-27)19-8-5-9-20(29)28(19)12-15)23(30)26-21-17-6-3-4-7-18(17)25-22(21)24(31)32-2/h3-9,14-16,25H,10-13H2,1-2H3,(H,26,30)/t14-,15+,16-/m0/s1. The molecule has 0 unspecified atom stereocenters. The van der Waals surface area contributed by atoms with Crippen molar-refractivity contribution in [3.05, 3.63) is 64.2 Å². The van der Waals surface area contributed by atoms with Crippen LogP contribution in [0.3, 0.4) is 0 Å². The van der Waals surface area contributed by atoms with Crippen molar-refractivity contribution in [3.8, 4) is 0 Å². The van der Waals surface area contributed by atoms with Crippen molar-refractivity contribution in [1.29, 1.82) is 0 Å². The predicted molar refractivity (Wildman–Crippen MR) is 121 cm³/mol. The molecule has 32 heavy (non-hydrogen) atoms. The number of piperidine rings is 1. The quantitative estimate of drug-likeness (QED) is 0.616. The van der Waals surface area contributed by atoms with Gasteiger partial charge in [0.05, 0.1) is 18.8 Å². The summed E-state index contributed by atoms with van der Waals surface area (Å²) >= 11 is 0. The van der Waals surface area contributed by atoms with E-state index in [4.69, 9.17) is 4.74 Å². The second kappa shape index (κ2) is 7.94. The van der Waals surface area contributed by atoms with E-state index in [1.807, 2.05) is 47.9 Å². The van der Waals surface area contributed by atoms with E-state index in [0.29, 0.717) is 24.7 Å². The van der Waals surface area contributed by atoms with Gasteiger partial charge >= 0.3 is 5.97 Å². The Balaban J connectivity index is 1.39. The third kappa shape index (κ3) is 3.40. The van der Waals surface area contributed by atoms with Gasteiger partial charge in [-0.3, -0.25) is 14.5 Å². The minimum atomic E-state index is -0.529. The van der Waals surface area contributed by atoms with E-state index in [-0.39, 0.29) is 29.1 Å². The molecule has 1 aromatic carbocycles. The molecule has 2 aliphatic heterocycles. The molecule has 0 saturated carbocycles. The number of aromatic nitrogens is 2. The van der Waals surface area contributed by atoms with Crippen molar-refractivity contribution < 1.29 is 14.3 Å². The molecule has 2 N–H and O–H groups in total. The lowest BCUT2D eigenvalue weighted by Gasteiger charge is -2.44. The maximum absolute atomic E-state index is 13.3. The van der Waals surface area contributed by atoms with Gasteiger partial charge in [-0.05, 0) is 31.4 Å². The summed E-state index contributed by atoms with van der Waals surface area (Å²) in [7, 11) is 1.32. The molecular weight excluding hydrogens is 408 g/mol. The Morgan fingerprint density at radius 3 is 2.75 bits per heavy atom. The molecule has 1 fully saturated rings. The highest BCUT2D eigenvalue weighted by molar-refractivity contribution is 6.11. The van der Waals surface area contributed by atoms with Crippen LogP contribution in [0, 0.1) is 5.92 Å². The number of methoxy groups -OCH3 is 1. The van der Waals surface area contributed by atoms with E-state index in [9.17, 15) is 14.4 Å². The van der Waals surface area contributed by atoms with Crippen molar-refractivity contribution in [2.45, 2.75) is 31.8 Å². The molecule has 8 heteroatoms. The first-order valence-electron chi connectivity index (χ1n) is 10.9. The molecular formula is C24H26N4O4. The van der Waals surface area contributed by atoms with E-state index in [1.54, 1.807) is 6.07 Å². The Morgan fingerprint density at radius 1 is 1.12 bits per heavy atom. The number of amides is 1. The molecule has 2 aromatic heterocycles. The van der Waals surface area contributed by atoms with Crippen LogP contribution >= 0.6 is 0 Å². The maximum atomic E-state index is 13.3. The van der Waals surface area contributed by atoms with E-state index in [1.165, 1.54) is 7.11 Å². The van der Waals surface area contributed by atoms with Crippen LogP contribution in [0.2, 0.25) is 0 Å². The Kier molecular flexibility index (Phi) is 5.09. The number of esters is 1. The lowest BCUT2D eigenvalue weighted by molar-refractivity contribution is -0.121. The van der Waals surface area contributed by atoms with E-state index in [0.717, 1.165) is 29.6 Å². The molecule has 0 aliphatic carbocycles. The highest BCUT2D eigenvalue weighted by Crippen LogP contribution is 2.36.